The van der Waals surface area contributed by atoms with Crippen LogP contribution in [0.5, 0.6) is 0 Å². The summed E-state index contributed by atoms with van der Waals surface area (Å²) in [5, 5.41) is 0. The molecule has 0 spiro atoms. The number of sulfonamides is 1. The molecule has 0 radical (unpaired) electrons. The predicted molar refractivity (Wildman–Crippen MR) is 77.6 cm³/mol. The molecule has 0 amide bonds. The van der Waals surface area contributed by atoms with Crippen molar-refractivity contribution in [3.8, 4) is 0 Å². The summed E-state index contributed by atoms with van der Waals surface area (Å²) in [4.78, 5) is 11.2. The van der Waals surface area contributed by atoms with Gasteiger partial charge in [0.25, 0.3) is 0 Å². The number of hydrogen-bond donors (Lipinski definition) is 2. The van der Waals surface area contributed by atoms with Gasteiger partial charge in [-0.15, -0.1) is 0 Å². The standard InChI is InChI=1S/C13H26N2O4S/c1-2-19-13(16)8-9-20(17,18)15-12(10-14)11-6-4-3-5-7-11/h11-12,15H,2-10,14H2,1H3. The number of esters is 1. The molecular weight excluding hydrogens is 280 g/mol. The number of nitrogens with one attached hydrogen (secondary N) is 1. The zero-order valence-corrected chi connectivity index (χ0v) is 13.0. The van der Waals surface area contributed by atoms with Crippen molar-refractivity contribution in [2.75, 3.05) is 18.9 Å². The molecule has 0 bridgehead atoms. The van der Waals surface area contributed by atoms with Crippen LogP contribution in [0.1, 0.15) is 45.4 Å². The maximum absolute atomic E-state index is 12.0. The first-order chi connectivity index (χ1) is 9.48. The van der Waals surface area contributed by atoms with Gasteiger partial charge in [-0.05, 0) is 25.7 Å². The lowest BCUT2D eigenvalue weighted by molar-refractivity contribution is -0.142. The molecule has 3 N–H and O–H groups in total. The first kappa shape index (κ1) is 17.4. The minimum absolute atomic E-state index is 0.120. The second kappa shape index (κ2) is 8.59. The van der Waals surface area contributed by atoms with E-state index < -0.39 is 16.0 Å². The summed E-state index contributed by atoms with van der Waals surface area (Å²) in [7, 11) is -3.49. The Balaban J connectivity index is 2.47. The van der Waals surface area contributed by atoms with E-state index in [9.17, 15) is 13.2 Å². The molecule has 6 nitrogen and oxygen atoms in total. The van der Waals surface area contributed by atoms with E-state index in [1.165, 1.54) is 6.42 Å². The molecule has 118 valence electrons. The fourth-order valence-corrected chi connectivity index (χ4v) is 3.92. The van der Waals surface area contributed by atoms with Gasteiger partial charge in [0.1, 0.15) is 0 Å². The van der Waals surface area contributed by atoms with E-state index in [1.54, 1.807) is 6.92 Å². The van der Waals surface area contributed by atoms with Gasteiger partial charge in [0, 0.05) is 12.6 Å². The van der Waals surface area contributed by atoms with Crippen LogP contribution >= 0.6 is 0 Å². The molecule has 0 aromatic rings. The highest BCUT2D eigenvalue weighted by Gasteiger charge is 2.26. The second-order valence-corrected chi connectivity index (χ2v) is 7.11. The van der Waals surface area contributed by atoms with Gasteiger partial charge in [0.2, 0.25) is 10.0 Å². The highest BCUT2D eigenvalue weighted by atomic mass is 32.2. The van der Waals surface area contributed by atoms with E-state index >= 15 is 0 Å². The Bertz CT molecular complexity index is 391. The van der Waals surface area contributed by atoms with Crippen LogP contribution in [0.3, 0.4) is 0 Å². The van der Waals surface area contributed by atoms with Gasteiger partial charge in [-0.25, -0.2) is 13.1 Å². The molecule has 0 heterocycles. The Kier molecular flexibility index (Phi) is 7.47. The van der Waals surface area contributed by atoms with Crippen LogP contribution in [-0.4, -0.2) is 39.3 Å². The van der Waals surface area contributed by atoms with Gasteiger partial charge in [-0.1, -0.05) is 19.3 Å². The van der Waals surface area contributed by atoms with E-state index in [0.29, 0.717) is 12.5 Å². The quantitative estimate of drug-likeness (QED) is 0.645. The number of rotatable bonds is 8. The van der Waals surface area contributed by atoms with Gasteiger partial charge in [-0.3, -0.25) is 4.79 Å². The average molecular weight is 306 g/mol. The van der Waals surface area contributed by atoms with Crippen molar-refractivity contribution in [1.82, 2.24) is 4.72 Å². The van der Waals surface area contributed by atoms with E-state index in [4.69, 9.17) is 10.5 Å². The van der Waals surface area contributed by atoms with Crippen LogP contribution in [0.25, 0.3) is 0 Å². The molecule has 0 aromatic carbocycles. The van der Waals surface area contributed by atoms with Crippen LogP contribution < -0.4 is 10.5 Å². The molecule has 1 saturated carbocycles. The van der Waals surface area contributed by atoms with Gasteiger partial charge in [-0.2, -0.15) is 0 Å². The lowest BCUT2D eigenvalue weighted by Gasteiger charge is -2.29. The monoisotopic (exact) mass is 306 g/mol. The number of hydrogen-bond acceptors (Lipinski definition) is 5. The van der Waals surface area contributed by atoms with Crippen LogP contribution in [-0.2, 0) is 19.6 Å². The highest BCUT2D eigenvalue weighted by molar-refractivity contribution is 7.89. The van der Waals surface area contributed by atoms with Crippen molar-refractivity contribution in [1.29, 1.82) is 0 Å². The molecule has 0 saturated heterocycles. The van der Waals surface area contributed by atoms with Crippen molar-refractivity contribution in [2.24, 2.45) is 11.7 Å². The molecular formula is C13H26N2O4S. The molecule has 1 aliphatic rings. The summed E-state index contributed by atoms with van der Waals surface area (Å²) in [5.74, 6) is -0.416. The summed E-state index contributed by atoms with van der Waals surface area (Å²) < 4.78 is 31.3. The lowest BCUT2D eigenvalue weighted by Crippen LogP contribution is -2.46. The Labute approximate surface area is 121 Å². The zero-order valence-electron chi connectivity index (χ0n) is 12.1. The number of carbonyl (C=O) groups is 1. The van der Waals surface area contributed by atoms with Gasteiger partial charge < -0.3 is 10.5 Å². The van der Waals surface area contributed by atoms with Crippen molar-refractivity contribution in [2.45, 2.75) is 51.5 Å². The third kappa shape index (κ3) is 6.19. The first-order valence-corrected chi connectivity index (χ1v) is 8.99. The molecule has 7 heteroatoms. The Morgan fingerprint density at radius 2 is 2.00 bits per heavy atom. The Hall–Kier alpha value is -0.660. The minimum Gasteiger partial charge on any atom is -0.466 e. The Morgan fingerprint density at radius 3 is 2.55 bits per heavy atom. The fourth-order valence-electron chi connectivity index (χ4n) is 2.61. The van der Waals surface area contributed by atoms with Gasteiger partial charge in [0.15, 0.2) is 0 Å². The smallest absolute Gasteiger partial charge is 0.306 e. The number of ether oxygens (including phenoxy) is 1. The number of carbonyl (C=O) groups excluding carboxylic acids is 1. The molecule has 1 fully saturated rings. The van der Waals surface area contributed by atoms with Crippen molar-refractivity contribution >= 4 is 16.0 Å². The van der Waals surface area contributed by atoms with E-state index in [0.717, 1.165) is 25.7 Å². The van der Waals surface area contributed by atoms with E-state index in [2.05, 4.69) is 4.72 Å². The summed E-state index contributed by atoms with van der Waals surface area (Å²) in [6.07, 6.45) is 5.39. The predicted octanol–water partition coefficient (Wildman–Crippen LogP) is 0.767. The first-order valence-electron chi connectivity index (χ1n) is 7.34. The van der Waals surface area contributed by atoms with Crippen LogP contribution in [0.15, 0.2) is 0 Å². The summed E-state index contributed by atoms with van der Waals surface area (Å²) in [5.41, 5.74) is 5.70. The summed E-state index contributed by atoms with van der Waals surface area (Å²) >= 11 is 0. The topological polar surface area (TPSA) is 98.5 Å². The van der Waals surface area contributed by atoms with Crippen LogP contribution in [0.4, 0.5) is 0 Å². The summed E-state index contributed by atoms with van der Waals surface area (Å²) in [6.45, 7) is 2.25. The average Bonchev–Trinajstić information content (AvgIpc) is 2.44. The minimum atomic E-state index is -3.49. The zero-order chi connectivity index (χ0) is 15.0. The largest absolute Gasteiger partial charge is 0.466 e. The van der Waals surface area contributed by atoms with Gasteiger partial charge in [0.05, 0.1) is 18.8 Å². The summed E-state index contributed by atoms with van der Waals surface area (Å²) in [6, 6.07) is -0.220. The number of nitrogens with two attached hydrogens (primary N) is 1. The molecule has 1 aliphatic carbocycles. The normalized spacial score (nSPS) is 18.7. The molecule has 0 aliphatic heterocycles. The third-order valence-electron chi connectivity index (χ3n) is 3.68. The van der Waals surface area contributed by atoms with E-state index in [-0.39, 0.29) is 24.8 Å². The van der Waals surface area contributed by atoms with Crippen LogP contribution in [0, 0.1) is 5.92 Å². The molecule has 0 aromatic heterocycles. The molecule has 1 unspecified atom stereocenters. The third-order valence-corrected chi connectivity index (χ3v) is 5.09. The molecule has 20 heavy (non-hydrogen) atoms. The van der Waals surface area contributed by atoms with Gasteiger partial charge >= 0.3 is 5.97 Å². The lowest BCUT2D eigenvalue weighted by atomic mass is 9.84. The van der Waals surface area contributed by atoms with Crippen molar-refractivity contribution in [3.63, 3.8) is 0 Å². The molecule has 1 atom stereocenters. The maximum atomic E-state index is 12.0. The van der Waals surface area contributed by atoms with E-state index in [1.807, 2.05) is 0 Å². The fraction of sp³-hybridized carbons (Fsp3) is 0.923. The second-order valence-electron chi connectivity index (χ2n) is 5.23. The van der Waals surface area contributed by atoms with Crippen molar-refractivity contribution in [3.05, 3.63) is 0 Å². The SMILES string of the molecule is CCOC(=O)CCS(=O)(=O)NC(CN)C1CCCCC1. The molecule has 1 rings (SSSR count). The van der Waals surface area contributed by atoms with Crippen LogP contribution in [0.2, 0.25) is 0 Å². The maximum Gasteiger partial charge on any atom is 0.306 e. The highest BCUT2D eigenvalue weighted by Crippen LogP contribution is 2.26. The Morgan fingerprint density at radius 1 is 1.35 bits per heavy atom. The van der Waals surface area contributed by atoms with Crippen molar-refractivity contribution < 1.29 is 17.9 Å².